The highest BCUT2D eigenvalue weighted by molar-refractivity contribution is 5.80. The molecular weight excluding hydrogens is 392 g/mol. The number of carbonyl (C=O) groups excluding carboxylic acids is 1. The van der Waals surface area contributed by atoms with Crippen LogP contribution in [0.1, 0.15) is 18.0 Å². The summed E-state index contributed by atoms with van der Waals surface area (Å²) in [6.45, 7) is 3.09. The molecule has 0 spiro atoms. The third-order valence-corrected chi connectivity index (χ3v) is 6.73. The van der Waals surface area contributed by atoms with Gasteiger partial charge < -0.3 is 19.7 Å². The standard InChI is InChI=1S/C23H26N6O2/c1-29(2,23(30)31)18-9-12-27(15-18)22-21(24-10-11-25-22)17-13-28(14-17)20-8-7-16-5-3-4-6-19(16)26-20/h3-8,10-11,17-18H,9,12-15H2,1-2H3. The van der Waals surface area contributed by atoms with Crippen molar-refractivity contribution in [3.63, 3.8) is 0 Å². The van der Waals surface area contributed by atoms with Crippen LogP contribution in [0.4, 0.5) is 16.4 Å². The Morgan fingerprint density at radius 3 is 2.61 bits per heavy atom. The molecule has 2 aromatic heterocycles. The van der Waals surface area contributed by atoms with Crippen LogP contribution in [0, 0.1) is 0 Å². The zero-order valence-corrected chi connectivity index (χ0v) is 17.8. The third kappa shape index (κ3) is 3.46. The van der Waals surface area contributed by atoms with E-state index >= 15 is 0 Å². The van der Waals surface area contributed by atoms with E-state index < -0.39 is 6.09 Å². The lowest BCUT2D eigenvalue weighted by atomic mass is 9.95. The number of likely N-dealkylation sites (N-methyl/N-ethyl adjacent to an activating group) is 1. The fourth-order valence-corrected chi connectivity index (χ4v) is 4.55. The lowest BCUT2D eigenvalue weighted by Gasteiger charge is -2.41. The minimum atomic E-state index is -1.05. The smallest absolute Gasteiger partial charge is 0.257 e. The van der Waals surface area contributed by atoms with Crippen molar-refractivity contribution in [2.75, 3.05) is 50.1 Å². The Bertz CT molecular complexity index is 1130. The Hall–Kier alpha value is -3.26. The van der Waals surface area contributed by atoms with Crippen molar-refractivity contribution < 1.29 is 14.4 Å². The van der Waals surface area contributed by atoms with Crippen molar-refractivity contribution in [3.8, 4) is 0 Å². The summed E-state index contributed by atoms with van der Waals surface area (Å²) in [7, 11) is 3.39. The molecule has 8 nitrogen and oxygen atoms in total. The number of anilines is 2. The van der Waals surface area contributed by atoms with Crippen LogP contribution in [0.5, 0.6) is 0 Å². The zero-order chi connectivity index (χ0) is 21.6. The van der Waals surface area contributed by atoms with Gasteiger partial charge in [-0.25, -0.2) is 9.97 Å². The number of hydrogen-bond acceptors (Lipinski definition) is 7. The molecule has 0 N–H and O–H groups in total. The molecule has 0 radical (unpaired) electrons. The molecule has 1 amide bonds. The van der Waals surface area contributed by atoms with Crippen molar-refractivity contribution in [2.45, 2.75) is 18.4 Å². The third-order valence-electron chi connectivity index (χ3n) is 6.73. The molecule has 2 aliphatic rings. The van der Waals surface area contributed by atoms with Gasteiger partial charge in [0.1, 0.15) is 11.9 Å². The summed E-state index contributed by atoms with van der Waals surface area (Å²) in [4.78, 5) is 30.1. The molecule has 2 aliphatic heterocycles. The summed E-state index contributed by atoms with van der Waals surface area (Å²) in [6.07, 6.45) is 3.19. The maximum Gasteiger partial charge on any atom is 0.257 e. The Morgan fingerprint density at radius 2 is 1.81 bits per heavy atom. The molecule has 2 fully saturated rings. The highest BCUT2D eigenvalue weighted by atomic mass is 16.4. The molecule has 2 saturated heterocycles. The van der Waals surface area contributed by atoms with Crippen LogP contribution >= 0.6 is 0 Å². The number of rotatable bonds is 4. The minimum Gasteiger partial charge on any atom is -0.498 e. The molecule has 0 aliphatic carbocycles. The van der Waals surface area contributed by atoms with Crippen LogP contribution < -0.4 is 14.9 Å². The van der Waals surface area contributed by atoms with Gasteiger partial charge in [0.05, 0.1) is 31.9 Å². The van der Waals surface area contributed by atoms with Crippen molar-refractivity contribution in [2.24, 2.45) is 0 Å². The molecule has 1 atom stereocenters. The Labute approximate surface area is 181 Å². The first kappa shape index (κ1) is 19.7. The minimum absolute atomic E-state index is 0.0282. The quantitative estimate of drug-likeness (QED) is 0.595. The molecule has 1 aromatic carbocycles. The van der Waals surface area contributed by atoms with Gasteiger partial charge in [0.25, 0.3) is 6.09 Å². The van der Waals surface area contributed by atoms with Gasteiger partial charge in [-0.3, -0.25) is 9.47 Å². The van der Waals surface area contributed by atoms with E-state index in [0.717, 1.165) is 54.3 Å². The normalized spacial score (nSPS) is 19.6. The number of benzene rings is 1. The van der Waals surface area contributed by atoms with Gasteiger partial charge in [-0.05, 0) is 18.2 Å². The van der Waals surface area contributed by atoms with E-state index in [4.69, 9.17) is 4.98 Å². The lowest BCUT2D eigenvalue weighted by Crippen LogP contribution is -2.59. The van der Waals surface area contributed by atoms with E-state index in [2.05, 4.69) is 38.0 Å². The fourth-order valence-electron chi connectivity index (χ4n) is 4.55. The number of fused-ring (bicyclic) bond motifs is 1. The summed E-state index contributed by atoms with van der Waals surface area (Å²) in [6, 6.07) is 12.3. The number of amides is 1. The summed E-state index contributed by atoms with van der Waals surface area (Å²) >= 11 is 0. The van der Waals surface area contributed by atoms with Gasteiger partial charge in [-0.1, -0.05) is 18.2 Å². The van der Waals surface area contributed by atoms with E-state index in [1.807, 2.05) is 18.2 Å². The number of para-hydroxylation sites is 1. The number of carbonyl (C=O) groups is 1. The highest BCUT2D eigenvalue weighted by Crippen LogP contribution is 2.35. The van der Waals surface area contributed by atoms with Gasteiger partial charge in [0.15, 0.2) is 5.82 Å². The zero-order valence-electron chi connectivity index (χ0n) is 17.8. The second kappa shape index (κ2) is 7.46. The average molecular weight is 419 g/mol. The summed E-state index contributed by atoms with van der Waals surface area (Å²) in [5.41, 5.74) is 1.99. The summed E-state index contributed by atoms with van der Waals surface area (Å²) in [5, 5.41) is 12.7. The van der Waals surface area contributed by atoms with Crippen molar-refractivity contribution in [1.82, 2.24) is 15.0 Å². The van der Waals surface area contributed by atoms with Gasteiger partial charge in [-0.2, -0.15) is 0 Å². The van der Waals surface area contributed by atoms with Crippen LogP contribution in [-0.2, 0) is 0 Å². The predicted molar refractivity (Wildman–Crippen MR) is 117 cm³/mol. The second-order valence-electron chi connectivity index (χ2n) is 8.92. The van der Waals surface area contributed by atoms with Crippen molar-refractivity contribution in [3.05, 3.63) is 54.5 Å². The Morgan fingerprint density at radius 1 is 1.03 bits per heavy atom. The van der Waals surface area contributed by atoms with Gasteiger partial charge >= 0.3 is 0 Å². The topological polar surface area (TPSA) is 85.3 Å². The molecule has 1 unspecified atom stereocenters. The van der Waals surface area contributed by atoms with Crippen molar-refractivity contribution >= 4 is 28.6 Å². The first-order chi connectivity index (χ1) is 14.9. The van der Waals surface area contributed by atoms with Crippen molar-refractivity contribution in [1.29, 1.82) is 0 Å². The van der Waals surface area contributed by atoms with Crippen LogP contribution in [-0.4, -0.2) is 71.8 Å². The molecule has 0 saturated carbocycles. The average Bonchev–Trinajstić information content (AvgIpc) is 3.24. The Kier molecular flexibility index (Phi) is 4.74. The number of hydrogen-bond donors (Lipinski definition) is 0. The molecule has 0 bridgehead atoms. The molecule has 8 heteroatoms. The maximum absolute atomic E-state index is 11.5. The maximum atomic E-state index is 11.5. The van der Waals surface area contributed by atoms with Gasteiger partial charge in [-0.15, -0.1) is 0 Å². The number of carboxylic acid groups (broad SMARTS) is 1. The number of aromatic nitrogens is 3. The number of quaternary nitrogens is 1. The largest absolute Gasteiger partial charge is 0.498 e. The Balaban J connectivity index is 1.31. The van der Waals surface area contributed by atoms with Crippen LogP contribution in [0.3, 0.4) is 0 Å². The molecular formula is C23H26N6O2. The molecule has 3 aromatic rings. The van der Waals surface area contributed by atoms with Gasteiger partial charge in [0.2, 0.25) is 0 Å². The van der Waals surface area contributed by atoms with Crippen LogP contribution in [0.2, 0.25) is 0 Å². The first-order valence-corrected chi connectivity index (χ1v) is 10.7. The number of nitrogens with zero attached hydrogens (tertiary/aromatic N) is 6. The monoisotopic (exact) mass is 418 g/mol. The van der Waals surface area contributed by atoms with E-state index in [-0.39, 0.29) is 16.4 Å². The van der Waals surface area contributed by atoms with E-state index in [1.165, 1.54) is 0 Å². The summed E-state index contributed by atoms with van der Waals surface area (Å²) < 4.78 is -0.142. The predicted octanol–water partition coefficient (Wildman–Crippen LogP) is 1.63. The molecule has 5 rings (SSSR count). The van der Waals surface area contributed by atoms with Crippen LogP contribution in [0.15, 0.2) is 48.8 Å². The molecule has 160 valence electrons. The van der Waals surface area contributed by atoms with Crippen LogP contribution in [0.25, 0.3) is 10.9 Å². The fraction of sp³-hybridized carbons (Fsp3) is 0.391. The first-order valence-electron chi connectivity index (χ1n) is 10.7. The van der Waals surface area contributed by atoms with E-state index in [1.54, 1.807) is 26.5 Å². The SMILES string of the molecule is C[N+](C)(C(=O)[O-])C1CCN(c2nccnc2C2CN(c3ccc4ccccc4n3)C2)C1. The highest BCUT2D eigenvalue weighted by Gasteiger charge is 2.40. The molecule has 4 heterocycles. The van der Waals surface area contributed by atoms with E-state index in [9.17, 15) is 9.90 Å². The molecule has 31 heavy (non-hydrogen) atoms. The lowest BCUT2D eigenvalue weighted by molar-refractivity contribution is -0.860. The number of pyridine rings is 1. The second-order valence-corrected chi connectivity index (χ2v) is 8.92. The summed E-state index contributed by atoms with van der Waals surface area (Å²) in [5.74, 6) is 2.13. The van der Waals surface area contributed by atoms with E-state index in [0.29, 0.717) is 6.54 Å². The van der Waals surface area contributed by atoms with Gasteiger partial charge in [0, 0.05) is 49.8 Å².